The van der Waals surface area contributed by atoms with Crippen molar-refractivity contribution in [1.29, 1.82) is 5.26 Å². The van der Waals surface area contributed by atoms with E-state index >= 15 is 4.39 Å². The third-order valence-electron chi connectivity index (χ3n) is 5.02. The first-order valence-electron chi connectivity index (χ1n) is 10.7. The number of carbonyl (C=O) groups is 2. The van der Waals surface area contributed by atoms with Crippen molar-refractivity contribution in [3.63, 3.8) is 0 Å². The van der Waals surface area contributed by atoms with E-state index in [1.807, 2.05) is 6.07 Å². The normalized spacial score (nSPS) is 10.8. The Hall–Kier alpha value is -3.99. The summed E-state index contributed by atoms with van der Waals surface area (Å²) in [5.41, 5.74) is 7.79. The van der Waals surface area contributed by atoms with Gasteiger partial charge in [0.25, 0.3) is 5.91 Å². The zero-order valence-corrected chi connectivity index (χ0v) is 22.8. The lowest BCUT2D eigenvalue weighted by Gasteiger charge is -2.13. The van der Waals surface area contributed by atoms with Crippen LogP contribution in [-0.4, -0.2) is 28.1 Å². The molecule has 0 saturated carbocycles. The van der Waals surface area contributed by atoms with Crippen LogP contribution in [0.5, 0.6) is 11.5 Å². The van der Waals surface area contributed by atoms with Crippen molar-refractivity contribution < 1.29 is 37.0 Å². The van der Waals surface area contributed by atoms with Crippen LogP contribution < -0.4 is 15.8 Å². The number of hydrogen-bond acceptors (Lipinski definition) is 5. The number of aliphatic carboxylic acids is 1. The number of carbonyl (C=O) groups excluding carboxylic acids is 1. The lowest BCUT2D eigenvalue weighted by molar-refractivity contribution is -0.192. The molecule has 0 aliphatic carbocycles. The largest absolute Gasteiger partial charge is 0.490 e. The van der Waals surface area contributed by atoms with E-state index in [-0.39, 0.29) is 44.9 Å². The fourth-order valence-electron chi connectivity index (χ4n) is 3.20. The molecule has 5 N–H and O–H groups in total. The van der Waals surface area contributed by atoms with Gasteiger partial charge in [0.15, 0.2) is 11.6 Å². The Morgan fingerprint density at radius 1 is 1.15 bits per heavy atom. The summed E-state index contributed by atoms with van der Waals surface area (Å²) in [6.45, 7) is -0.124. The van der Waals surface area contributed by atoms with Gasteiger partial charge in [-0.15, -0.1) is 0 Å². The number of nitrogens with two attached hydrogens (primary N) is 1. The highest BCUT2D eigenvalue weighted by atomic mass is 79.9. The number of carboxylic acids is 1. The summed E-state index contributed by atoms with van der Waals surface area (Å²) in [5.74, 6) is -4.03. The number of nitrogens with zero attached hydrogens (tertiary/aromatic N) is 1. The number of halogens is 7. The maximum absolute atomic E-state index is 15.2. The van der Waals surface area contributed by atoms with Crippen LogP contribution in [0.25, 0.3) is 10.9 Å². The number of aromatic nitrogens is 1. The molecule has 3 aromatic carbocycles. The summed E-state index contributed by atoms with van der Waals surface area (Å²) in [6.07, 6.45) is -5.08. The summed E-state index contributed by atoms with van der Waals surface area (Å²) in [4.78, 5) is 24.6. The van der Waals surface area contributed by atoms with E-state index in [1.165, 1.54) is 30.3 Å². The molecular formula is C25H15BrCl2F4N4O4. The maximum Gasteiger partial charge on any atom is 0.490 e. The smallest absolute Gasteiger partial charge is 0.475 e. The molecule has 1 aromatic heterocycles. The van der Waals surface area contributed by atoms with Crippen molar-refractivity contribution in [3.05, 3.63) is 85.7 Å². The number of rotatable bonds is 5. The Bertz CT molecular complexity index is 1650. The Kier molecular flexibility index (Phi) is 9.52. The number of aromatic amines is 1. The number of H-pyrrole nitrogens is 1. The molecule has 40 heavy (non-hydrogen) atoms. The zero-order chi connectivity index (χ0) is 29.8. The molecule has 1 amide bonds. The van der Waals surface area contributed by atoms with Gasteiger partial charge >= 0.3 is 12.1 Å². The Labute approximate surface area is 241 Å². The predicted octanol–water partition coefficient (Wildman–Crippen LogP) is 7.19. The Morgan fingerprint density at radius 2 is 1.82 bits per heavy atom. The number of amides is 1. The maximum atomic E-state index is 15.2. The summed E-state index contributed by atoms with van der Waals surface area (Å²) >= 11 is 15.5. The lowest BCUT2D eigenvalue weighted by Crippen LogP contribution is -2.24. The molecule has 0 spiro atoms. The van der Waals surface area contributed by atoms with Gasteiger partial charge < -0.3 is 25.9 Å². The fourth-order valence-corrected chi connectivity index (χ4v) is 4.22. The molecule has 1 heterocycles. The third-order valence-corrected chi connectivity index (χ3v) is 6.36. The second-order valence-corrected chi connectivity index (χ2v) is 9.48. The highest BCUT2D eigenvalue weighted by molar-refractivity contribution is 9.10. The molecule has 208 valence electrons. The van der Waals surface area contributed by atoms with Crippen molar-refractivity contribution in [2.45, 2.75) is 12.7 Å². The van der Waals surface area contributed by atoms with Gasteiger partial charge in [-0.1, -0.05) is 29.3 Å². The lowest BCUT2D eigenvalue weighted by atomic mass is 10.2. The van der Waals surface area contributed by atoms with Gasteiger partial charge in [0.2, 0.25) is 0 Å². The number of anilines is 1. The van der Waals surface area contributed by atoms with E-state index in [9.17, 15) is 18.0 Å². The summed E-state index contributed by atoms with van der Waals surface area (Å²) in [5, 5.41) is 19.9. The minimum atomic E-state index is -5.08. The summed E-state index contributed by atoms with van der Waals surface area (Å²) in [7, 11) is 0. The van der Waals surface area contributed by atoms with Gasteiger partial charge in [-0.05, 0) is 58.4 Å². The van der Waals surface area contributed by atoms with Crippen LogP contribution in [0.15, 0.2) is 53.0 Å². The predicted molar refractivity (Wildman–Crippen MR) is 143 cm³/mol. The molecule has 0 aliphatic heterocycles. The number of benzene rings is 3. The van der Waals surface area contributed by atoms with Crippen LogP contribution in [0.4, 0.5) is 23.2 Å². The number of ether oxygens (including phenoxy) is 1. The van der Waals surface area contributed by atoms with Gasteiger partial charge in [-0.25, -0.2) is 9.18 Å². The first-order chi connectivity index (χ1) is 18.7. The molecule has 8 nitrogen and oxygen atoms in total. The van der Waals surface area contributed by atoms with Crippen LogP contribution >= 0.6 is 39.1 Å². The van der Waals surface area contributed by atoms with Crippen molar-refractivity contribution in [3.8, 4) is 17.6 Å². The summed E-state index contributed by atoms with van der Waals surface area (Å²) in [6, 6.07) is 14.4. The van der Waals surface area contributed by atoms with E-state index in [0.717, 1.165) is 10.9 Å². The van der Waals surface area contributed by atoms with E-state index < -0.39 is 23.9 Å². The second kappa shape index (κ2) is 12.5. The molecule has 0 saturated heterocycles. The molecular weight excluding hydrogens is 647 g/mol. The number of alkyl halides is 3. The van der Waals surface area contributed by atoms with Crippen LogP contribution in [0.1, 0.15) is 21.6 Å². The van der Waals surface area contributed by atoms with Crippen molar-refractivity contribution >= 4 is 67.6 Å². The number of fused-ring (bicyclic) bond motifs is 1. The van der Waals surface area contributed by atoms with E-state index in [0.29, 0.717) is 10.2 Å². The van der Waals surface area contributed by atoms with Gasteiger partial charge in [-0.2, -0.15) is 18.4 Å². The van der Waals surface area contributed by atoms with Gasteiger partial charge in [0.1, 0.15) is 11.4 Å². The average molecular weight is 662 g/mol. The van der Waals surface area contributed by atoms with Crippen LogP contribution in [0, 0.1) is 17.1 Å². The highest BCUT2D eigenvalue weighted by Gasteiger charge is 2.38. The number of nitrogens with one attached hydrogen (secondary N) is 2. The molecule has 0 aliphatic rings. The molecule has 0 bridgehead atoms. The van der Waals surface area contributed by atoms with Crippen molar-refractivity contribution in [2.75, 3.05) is 5.73 Å². The molecule has 0 unspecified atom stereocenters. The molecule has 4 aromatic rings. The minimum Gasteiger partial charge on any atom is -0.475 e. The number of nitriles is 1. The van der Waals surface area contributed by atoms with E-state index in [4.69, 9.17) is 48.8 Å². The van der Waals surface area contributed by atoms with Crippen LogP contribution in [0.3, 0.4) is 0 Å². The Balaban J connectivity index is 0.000000559. The zero-order valence-electron chi connectivity index (χ0n) is 19.7. The van der Waals surface area contributed by atoms with E-state index in [2.05, 4.69) is 26.2 Å². The number of carboxylic acid groups (broad SMARTS) is 1. The van der Waals surface area contributed by atoms with Crippen LogP contribution in [-0.2, 0) is 11.3 Å². The highest BCUT2D eigenvalue weighted by Crippen LogP contribution is 2.35. The minimum absolute atomic E-state index is 0.0250. The average Bonchev–Trinajstić information content (AvgIpc) is 3.21. The first-order valence-corrected chi connectivity index (χ1v) is 12.3. The van der Waals surface area contributed by atoms with Gasteiger partial charge in [0, 0.05) is 33.7 Å². The molecule has 15 heteroatoms. The van der Waals surface area contributed by atoms with Crippen molar-refractivity contribution in [1.82, 2.24) is 10.3 Å². The summed E-state index contributed by atoms with van der Waals surface area (Å²) < 4.78 is 53.0. The number of hydrogen-bond donors (Lipinski definition) is 4. The standard InChI is InChI=1S/C23H14BrCl2FN4O2.C2HF3O2/c24-19-16-8-14(29)2-4-18(16)31-21(19)23(32)30-10-12-1-3-17(26)22(20(12)27)33-15-6-11(9-28)5-13(25)7-15;3-2(4,5)1(6)7/h1-8,31H,10,29H2,(H,30,32);(H,6,7). The SMILES string of the molecule is N#Cc1cc(Cl)cc(Oc2c(Cl)ccc(CNC(=O)c3[nH]c4ccc(N)cc4c3Br)c2F)c1.O=C(O)C(F)(F)F. The molecule has 0 atom stereocenters. The quantitative estimate of drug-likeness (QED) is 0.132. The topological polar surface area (TPSA) is 141 Å². The number of nitrogen functional groups attached to an aromatic ring is 1. The second-order valence-electron chi connectivity index (χ2n) is 7.84. The van der Waals surface area contributed by atoms with Gasteiger partial charge in [0.05, 0.1) is 21.1 Å². The van der Waals surface area contributed by atoms with Crippen molar-refractivity contribution in [2.24, 2.45) is 0 Å². The van der Waals surface area contributed by atoms with Crippen LogP contribution in [0.2, 0.25) is 10.0 Å². The molecule has 4 rings (SSSR count). The Morgan fingerprint density at radius 3 is 2.45 bits per heavy atom. The van der Waals surface area contributed by atoms with E-state index in [1.54, 1.807) is 18.2 Å². The third kappa shape index (κ3) is 7.35. The first kappa shape index (κ1) is 30.6. The van der Waals surface area contributed by atoms with Gasteiger partial charge in [-0.3, -0.25) is 4.79 Å². The molecule has 0 fully saturated rings. The monoisotopic (exact) mass is 660 g/mol. The molecule has 0 radical (unpaired) electrons. The fraction of sp³-hybridized carbons (Fsp3) is 0.0800.